The highest BCUT2D eigenvalue weighted by molar-refractivity contribution is 5.41. The van der Waals surface area contributed by atoms with Crippen molar-refractivity contribution in [2.45, 2.75) is 13.3 Å². The normalized spacial score (nSPS) is 9.87. The van der Waals surface area contributed by atoms with Gasteiger partial charge in [-0.1, -0.05) is 13.0 Å². The van der Waals surface area contributed by atoms with Crippen LogP contribution in [0.25, 0.3) is 5.69 Å². The van der Waals surface area contributed by atoms with Crippen molar-refractivity contribution in [1.82, 2.24) is 9.78 Å². The summed E-state index contributed by atoms with van der Waals surface area (Å²) in [7, 11) is 0. The molecule has 0 saturated carbocycles. The number of hydrogen-bond acceptors (Lipinski definition) is 2. The van der Waals surface area contributed by atoms with E-state index in [1.54, 1.807) is 12.3 Å². The van der Waals surface area contributed by atoms with Gasteiger partial charge in [0, 0.05) is 11.9 Å². The molecule has 2 rings (SSSR count). The van der Waals surface area contributed by atoms with Crippen molar-refractivity contribution in [2.75, 3.05) is 0 Å². The zero-order valence-corrected chi connectivity index (χ0v) is 8.51. The molecule has 0 aliphatic rings. The first-order valence-electron chi connectivity index (χ1n) is 4.88. The molecule has 15 heavy (non-hydrogen) atoms. The third kappa shape index (κ3) is 1.75. The fraction of sp³-hybridized carbons (Fsp3) is 0.167. The molecular formula is C12H11N3. The molecule has 0 spiro atoms. The molecule has 2 aromatic rings. The molecule has 0 fully saturated rings. The number of aryl methyl sites for hydroxylation is 1. The predicted molar refractivity (Wildman–Crippen MR) is 57.7 cm³/mol. The lowest BCUT2D eigenvalue weighted by atomic mass is 10.2. The van der Waals surface area contributed by atoms with Crippen molar-refractivity contribution < 1.29 is 0 Å². The van der Waals surface area contributed by atoms with Crippen molar-refractivity contribution in [2.24, 2.45) is 0 Å². The first kappa shape index (κ1) is 9.47. The average molecular weight is 197 g/mol. The lowest BCUT2D eigenvalue weighted by molar-refractivity contribution is 0.814. The molecule has 0 aliphatic carbocycles. The van der Waals surface area contributed by atoms with Gasteiger partial charge in [-0.25, -0.2) is 4.68 Å². The van der Waals surface area contributed by atoms with Crippen molar-refractivity contribution in [3.05, 3.63) is 47.8 Å². The Hall–Kier alpha value is -2.08. The van der Waals surface area contributed by atoms with Crippen LogP contribution in [0.4, 0.5) is 0 Å². The fourth-order valence-corrected chi connectivity index (χ4v) is 1.54. The standard InChI is InChI=1S/C12H11N3/c1-2-11-6-7-14-15(11)12-5-3-4-10(8-12)9-13/h3-8H,2H2,1H3. The minimum Gasteiger partial charge on any atom is -0.238 e. The van der Waals surface area contributed by atoms with E-state index >= 15 is 0 Å². The number of rotatable bonds is 2. The molecule has 0 bridgehead atoms. The smallest absolute Gasteiger partial charge is 0.0992 e. The highest BCUT2D eigenvalue weighted by Crippen LogP contribution is 2.12. The monoisotopic (exact) mass is 197 g/mol. The van der Waals surface area contributed by atoms with E-state index in [-0.39, 0.29) is 0 Å². The molecule has 3 heteroatoms. The van der Waals surface area contributed by atoms with Crippen LogP contribution in [0.15, 0.2) is 36.5 Å². The number of aromatic nitrogens is 2. The number of benzene rings is 1. The number of nitrogens with zero attached hydrogens (tertiary/aromatic N) is 3. The number of nitriles is 1. The third-order valence-electron chi connectivity index (χ3n) is 2.30. The maximum Gasteiger partial charge on any atom is 0.0992 e. The van der Waals surface area contributed by atoms with Crippen LogP contribution in [0.5, 0.6) is 0 Å². The van der Waals surface area contributed by atoms with E-state index in [0.29, 0.717) is 5.56 Å². The second-order valence-corrected chi connectivity index (χ2v) is 3.25. The molecule has 3 nitrogen and oxygen atoms in total. The summed E-state index contributed by atoms with van der Waals surface area (Å²) in [5.74, 6) is 0. The largest absolute Gasteiger partial charge is 0.238 e. The van der Waals surface area contributed by atoms with Gasteiger partial charge in [-0.3, -0.25) is 0 Å². The molecule has 0 aliphatic heterocycles. The zero-order chi connectivity index (χ0) is 10.7. The molecule has 0 amide bonds. The van der Waals surface area contributed by atoms with Gasteiger partial charge in [0.1, 0.15) is 0 Å². The molecule has 0 unspecified atom stereocenters. The van der Waals surface area contributed by atoms with Crippen LogP contribution in [0.1, 0.15) is 18.2 Å². The van der Waals surface area contributed by atoms with Gasteiger partial charge in [0.05, 0.1) is 17.3 Å². The molecule has 0 N–H and O–H groups in total. The predicted octanol–water partition coefficient (Wildman–Crippen LogP) is 2.31. The molecule has 1 aromatic carbocycles. The molecule has 0 saturated heterocycles. The van der Waals surface area contributed by atoms with Crippen molar-refractivity contribution in [1.29, 1.82) is 5.26 Å². The first-order chi connectivity index (χ1) is 7.35. The molecule has 0 radical (unpaired) electrons. The summed E-state index contributed by atoms with van der Waals surface area (Å²) in [5.41, 5.74) is 2.74. The van der Waals surface area contributed by atoms with Crippen molar-refractivity contribution in [3.8, 4) is 11.8 Å². The highest BCUT2D eigenvalue weighted by Gasteiger charge is 2.03. The zero-order valence-electron chi connectivity index (χ0n) is 8.51. The van der Waals surface area contributed by atoms with E-state index < -0.39 is 0 Å². The van der Waals surface area contributed by atoms with E-state index in [0.717, 1.165) is 17.8 Å². The Morgan fingerprint density at radius 2 is 2.27 bits per heavy atom. The van der Waals surface area contributed by atoms with Crippen LogP contribution in [0.3, 0.4) is 0 Å². The fourth-order valence-electron chi connectivity index (χ4n) is 1.54. The second-order valence-electron chi connectivity index (χ2n) is 3.25. The van der Waals surface area contributed by atoms with E-state index in [1.807, 2.05) is 28.9 Å². The molecular weight excluding hydrogens is 186 g/mol. The summed E-state index contributed by atoms with van der Waals surface area (Å²) in [6.45, 7) is 2.08. The topological polar surface area (TPSA) is 41.6 Å². The van der Waals surface area contributed by atoms with Gasteiger partial charge in [0.2, 0.25) is 0 Å². The Balaban J connectivity index is 2.50. The lowest BCUT2D eigenvalue weighted by Gasteiger charge is -2.05. The van der Waals surface area contributed by atoms with Crippen LogP contribution in [0.2, 0.25) is 0 Å². The Labute approximate surface area is 88.6 Å². The van der Waals surface area contributed by atoms with E-state index in [9.17, 15) is 0 Å². The van der Waals surface area contributed by atoms with Crippen LogP contribution < -0.4 is 0 Å². The van der Waals surface area contributed by atoms with Crippen LogP contribution in [-0.4, -0.2) is 9.78 Å². The van der Waals surface area contributed by atoms with Crippen molar-refractivity contribution >= 4 is 0 Å². The van der Waals surface area contributed by atoms with E-state index in [2.05, 4.69) is 18.1 Å². The minimum atomic E-state index is 0.657. The van der Waals surface area contributed by atoms with Crippen LogP contribution in [0, 0.1) is 11.3 Å². The second kappa shape index (κ2) is 3.97. The maximum atomic E-state index is 8.81. The molecule has 1 aromatic heterocycles. The summed E-state index contributed by atoms with van der Waals surface area (Å²) in [4.78, 5) is 0. The Morgan fingerprint density at radius 3 is 3.00 bits per heavy atom. The van der Waals surface area contributed by atoms with Gasteiger partial charge in [-0.15, -0.1) is 0 Å². The Kier molecular flexibility index (Phi) is 2.51. The summed E-state index contributed by atoms with van der Waals surface area (Å²) in [6.07, 6.45) is 2.70. The molecule has 0 atom stereocenters. The van der Waals surface area contributed by atoms with Gasteiger partial charge in [-0.05, 0) is 30.7 Å². The van der Waals surface area contributed by atoms with Crippen LogP contribution in [-0.2, 0) is 6.42 Å². The van der Waals surface area contributed by atoms with E-state index in [1.165, 1.54) is 0 Å². The maximum absolute atomic E-state index is 8.81. The van der Waals surface area contributed by atoms with Crippen molar-refractivity contribution in [3.63, 3.8) is 0 Å². The molecule has 1 heterocycles. The summed E-state index contributed by atoms with van der Waals surface area (Å²) in [6, 6.07) is 11.6. The van der Waals surface area contributed by atoms with Gasteiger partial charge in [0.15, 0.2) is 0 Å². The van der Waals surface area contributed by atoms with Gasteiger partial charge in [-0.2, -0.15) is 10.4 Å². The SMILES string of the molecule is CCc1ccnn1-c1cccc(C#N)c1. The van der Waals surface area contributed by atoms with Gasteiger partial charge in [0.25, 0.3) is 0 Å². The minimum absolute atomic E-state index is 0.657. The Bertz CT molecular complexity index is 506. The Morgan fingerprint density at radius 1 is 1.40 bits per heavy atom. The lowest BCUT2D eigenvalue weighted by Crippen LogP contribution is -2.00. The van der Waals surface area contributed by atoms with E-state index in [4.69, 9.17) is 5.26 Å². The quantitative estimate of drug-likeness (QED) is 0.741. The molecule has 74 valence electrons. The average Bonchev–Trinajstić information content (AvgIpc) is 2.77. The number of hydrogen-bond donors (Lipinski definition) is 0. The van der Waals surface area contributed by atoms with Gasteiger partial charge < -0.3 is 0 Å². The summed E-state index contributed by atoms with van der Waals surface area (Å²) in [5, 5.41) is 13.0. The summed E-state index contributed by atoms with van der Waals surface area (Å²) < 4.78 is 1.86. The summed E-state index contributed by atoms with van der Waals surface area (Å²) >= 11 is 0. The van der Waals surface area contributed by atoms with Gasteiger partial charge >= 0.3 is 0 Å². The highest BCUT2D eigenvalue weighted by atomic mass is 15.3. The van der Waals surface area contributed by atoms with Crippen LogP contribution >= 0.6 is 0 Å². The third-order valence-corrected chi connectivity index (χ3v) is 2.30. The first-order valence-corrected chi connectivity index (χ1v) is 4.88.